The summed E-state index contributed by atoms with van der Waals surface area (Å²) in [6.07, 6.45) is 2.29. The van der Waals surface area contributed by atoms with Crippen LogP contribution in [0.5, 0.6) is 0 Å². The molecule has 0 bridgehead atoms. The second-order valence-corrected chi connectivity index (χ2v) is 7.70. The van der Waals surface area contributed by atoms with Crippen LogP contribution in [0.2, 0.25) is 0 Å². The van der Waals surface area contributed by atoms with E-state index in [0.29, 0.717) is 17.7 Å². The van der Waals surface area contributed by atoms with Crippen LogP contribution in [0.1, 0.15) is 41.5 Å². The molecule has 1 saturated carbocycles. The van der Waals surface area contributed by atoms with Crippen molar-refractivity contribution in [3.8, 4) is 0 Å². The predicted octanol–water partition coefficient (Wildman–Crippen LogP) is 2.11. The van der Waals surface area contributed by atoms with Gasteiger partial charge >= 0.3 is 0 Å². The van der Waals surface area contributed by atoms with Gasteiger partial charge in [-0.25, -0.2) is 13.1 Å². The van der Waals surface area contributed by atoms with E-state index >= 15 is 0 Å². The van der Waals surface area contributed by atoms with Crippen molar-refractivity contribution >= 4 is 10.0 Å². The summed E-state index contributed by atoms with van der Waals surface area (Å²) in [4.78, 5) is 0.359. The summed E-state index contributed by atoms with van der Waals surface area (Å²) in [5.74, 6) is 0. The minimum Gasteiger partial charge on any atom is -0.389 e. The topological polar surface area (TPSA) is 66.4 Å². The first-order chi connectivity index (χ1) is 9.16. The van der Waals surface area contributed by atoms with Crippen molar-refractivity contribution in [2.24, 2.45) is 0 Å². The van der Waals surface area contributed by atoms with Gasteiger partial charge in [0.05, 0.1) is 10.5 Å². The molecule has 0 atom stereocenters. The molecule has 1 fully saturated rings. The quantitative estimate of drug-likeness (QED) is 0.894. The molecule has 0 saturated heterocycles. The lowest BCUT2D eigenvalue weighted by Gasteiger charge is -2.36. The molecule has 4 nitrogen and oxygen atoms in total. The Morgan fingerprint density at radius 1 is 1.15 bits per heavy atom. The Kier molecular flexibility index (Phi) is 3.97. The Morgan fingerprint density at radius 2 is 1.65 bits per heavy atom. The van der Waals surface area contributed by atoms with Crippen LogP contribution in [0, 0.1) is 27.7 Å². The fourth-order valence-corrected chi connectivity index (χ4v) is 4.38. The molecule has 20 heavy (non-hydrogen) atoms. The zero-order valence-electron chi connectivity index (χ0n) is 12.6. The van der Waals surface area contributed by atoms with Crippen LogP contribution in [0.3, 0.4) is 0 Å². The second kappa shape index (κ2) is 5.13. The highest BCUT2D eigenvalue weighted by Gasteiger charge is 2.36. The summed E-state index contributed by atoms with van der Waals surface area (Å²) >= 11 is 0. The Hall–Kier alpha value is -0.910. The number of sulfonamides is 1. The lowest BCUT2D eigenvalue weighted by molar-refractivity contribution is -0.0270. The van der Waals surface area contributed by atoms with Crippen LogP contribution in [0.15, 0.2) is 11.0 Å². The van der Waals surface area contributed by atoms with Gasteiger partial charge in [0.25, 0.3) is 0 Å². The highest BCUT2D eigenvalue weighted by Crippen LogP contribution is 2.32. The molecule has 1 aliphatic rings. The van der Waals surface area contributed by atoms with Gasteiger partial charge in [-0.05, 0) is 69.2 Å². The molecule has 1 aliphatic carbocycles. The second-order valence-electron chi connectivity index (χ2n) is 5.99. The summed E-state index contributed by atoms with van der Waals surface area (Å²) in [5.41, 5.74) is 2.64. The lowest BCUT2D eigenvalue weighted by atomic mass is 9.81. The van der Waals surface area contributed by atoms with Gasteiger partial charge in [-0.1, -0.05) is 6.07 Å². The first-order valence-electron chi connectivity index (χ1n) is 6.96. The number of nitrogens with one attached hydrogen (secondary N) is 1. The fraction of sp³-hybridized carbons (Fsp3) is 0.600. The van der Waals surface area contributed by atoms with Gasteiger partial charge in [0.15, 0.2) is 0 Å². The van der Waals surface area contributed by atoms with Crippen LogP contribution < -0.4 is 4.72 Å². The third kappa shape index (κ3) is 2.75. The van der Waals surface area contributed by atoms with E-state index in [1.54, 1.807) is 0 Å². The largest absolute Gasteiger partial charge is 0.389 e. The first kappa shape index (κ1) is 15.5. The van der Waals surface area contributed by atoms with E-state index in [4.69, 9.17) is 0 Å². The monoisotopic (exact) mass is 297 g/mol. The van der Waals surface area contributed by atoms with Crippen LogP contribution in [0.4, 0.5) is 0 Å². The maximum absolute atomic E-state index is 12.5. The van der Waals surface area contributed by atoms with Crippen LogP contribution in [-0.2, 0) is 10.0 Å². The minimum atomic E-state index is -3.59. The van der Waals surface area contributed by atoms with Gasteiger partial charge in [0.1, 0.15) is 0 Å². The fourth-order valence-electron chi connectivity index (χ4n) is 2.65. The molecule has 5 heteroatoms. The molecule has 2 N–H and O–H groups in total. The standard InChI is InChI=1S/C15H23NO3S/c1-10-8-11(2)13(4)14(12(10)3)20(18,19)16-9-15(17)6-5-7-15/h8,16-17H,5-7,9H2,1-4H3. The number of rotatable bonds is 4. The molecule has 0 heterocycles. The zero-order chi connectivity index (χ0) is 15.1. The predicted molar refractivity (Wildman–Crippen MR) is 79.4 cm³/mol. The smallest absolute Gasteiger partial charge is 0.241 e. The molecule has 0 amide bonds. The van der Waals surface area contributed by atoms with E-state index in [9.17, 15) is 13.5 Å². The van der Waals surface area contributed by atoms with Gasteiger partial charge in [0, 0.05) is 6.54 Å². The normalized spacial score (nSPS) is 17.9. The van der Waals surface area contributed by atoms with E-state index in [0.717, 1.165) is 28.7 Å². The Morgan fingerprint density at radius 3 is 2.05 bits per heavy atom. The van der Waals surface area contributed by atoms with Gasteiger partial charge in [-0.2, -0.15) is 0 Å². The van der Waals surface area contributed by atoms with Crippen LogP contribution in [-0.4, -0.2) is 25.7 Å². The summed E-state index contributed by atoms with van der Waals surface area (Å²) in [6, 6.07) is 2.00. The van der Waals surface area contributed by atoms with Crippen LogP contribution in [0.25, 0.3) is 0 Å². The van der Waals surface area contributed by atoms with E-state index in [-0.39, 0.29) is 6.54 Å². The third-order valence-electron chi connectivity index (χ3n) is 4.44. The van der Waals surface area contributed by atoms with E-state index in [1.165, 1.54) is 0 Å². The molecule has 112 valence electrons. The Labute approximate surface area is 121 Å². The minimum absolute atomic E-state index is 0.0984. The van der Waals surface area contributed by atoms with E-state index < -0.39 is 15.6 Å². The Bertz CT molecular complexity index is 605. The van der Waals surface area contributed by atoms with E-state index in [2.05, 4.69) is 4.72 Å². The van der Waals surface area contributed by atoms with Crippen molar-refractivity contribution < 1.29 is 13.5 Å². The average molecular weight is 297 g/mol. The zero-order valence-corrected chi connectivity index (χ0v) is 13.4. The van der Waals surface area contributed by atoms with Crippen molar-refractivity contribution in [3.63, 3.8) is 0 Å². The lowest BCUT2D eigenvalue weighted by Crippen LogP contribution is -2.47. The molecule has 0 aliphatic heterocycles. The SMILES string of the molecule is Cc1cc(C)c(C)c(S(=O)(=O)NCC2(O)CCC2)c1C. The average Bonchev–Trinajstić information content (AvgIpc) is 2.32. The summed E-state index contributed by atoms with van der Waals surface area (Å²) < 4.78 is 27.7. The first-order valence-corrected chi connectivity index (χ1v) is 8.44. The number of benzene rings is 1. The Balaban J connectivity index is 2.34. The van der Waals surface area contributed by atoms with Crippen molar-refractivity contribution in [2.45, 2.75) is 57.5 Å². The van der Waals surface area contributed by atoms with Gasteiger partial charge in [0.2, 0.25) is 10.0 Å². The number of hydrogen-bond donors (Lipinski definition) is 2. The molecule has 0 aromatic heterocycles. The number of hydrogen-bond acceptors (Lipinski definition) is 3. The molecule has 1 aromatic rings. The molecular weight excluding hydrogens is 274 g/mol. The van der Waals surface area contributed by atoms with Gasteiger partial charge < -0.3 is 5.11 Å². The highest BCUT2D eigenvalue weighted by atomic mass is 32.2. The molecule has 0 spiro atoms. The van der Waals surface area contributed by atoms with Gasteiger partial charge in [-0.3, -0.25) is 0 Å². The van der Waals surface area contributed by atoms with E-state index in [1.807, 2.05) is 33.8 Å². The summed E-state index contributed by atoms with van der Waals surface area (Å²) in [7, 11) is -3.59. The summed E-state index contributed by atoms with van der Waals surface area (Å²) in [6.45, 7) is 7.59. The summed E-state index contributed by atoms with van der Waals surface area (Å²) in [5, 5.41) is 10.0. The van der Waals surface area contributed by atoms with Crippen molar-refractivity contribution in [2.75, 3.05) is 6.54 Å². The third-order valence-corrected chi connectivity index (χ3v) is 6.12. The molecular formula is C15H23NO3S. The van der Waals surface area contributed by atoms with Crippen molar-refractivity contribution in [1.29, 1.82) is 0 Å². The molecule has 0 unspecified atom stereocenters. The highest BCUT2D eigenvalue weighted by molar-refractivity contribution is 7.89. The molecule has 0 radical (unpaired) electrons. The molecule has 2 rings (SSSR count). The van der Waals surface area contributed by atoms with Crippen molar-refractivity contribution in [3.05, 3.63) is 28.3 Å². The van der Waals surface area contributed by atoms with Crippen LogP contribution >= 0.6 is 0 Å². The van der Waals surface area contributed by atoms with Gasteiger partial charge in [-0.15, -0.1) is 0 Å². The maximum atomic E-state index is 12.5. The number of aryl methyl sites for hydroxylation is 2. The van der Waals surface area contributed by atoms with Crippen molar-refractivity contribution in [1.82, 2.24) is 4.72 Å². The maximum Gasteiger partial charge on any atom is 0.241 e. The molecule has 1 aromatic carbocycles. The number of aliphatic hydroxyl groups is 1.